The van der Waals surface area contributed by atoms with Crippen LogP contribution in [0, 0.1) is 12.7 Å². The molecule has 2 bridgehead atoms. The van der Waals surface area contributed by atoms with Gasteiger partial charge < -0.3 is 9.67 Å². The maximum Gasteiger partial charge on any atom is 0.175 e. The number of piperidine rings is 1. The average Bonchev–Trinajstić information content (AvgIpc) is 3.38. The maximum atomic E-state index is 15.7. The third-order valence-corrected chi connectivity index (χ3v) is 10.1. The van der Waals surface area contributed by atoms with E-state index in [4.69, 9.17) is 4.98 Å². The van der Waals surface area contributed by atoms with Crippen molar-refractivity contribution in [3.05, 3.63) is 71.7 Å². The first-order chi connectivity index (χ1) is 18.9. The van der Waals surface area contributed by atoms with Gasteiger partial charge >= 0.3 is 0 Å². The Morgan fingerprint density at radius 2 is 1.68 bits per heavy atom. The number of halogens is 1. The van der Waals surface area contributed by atoms with Crippen molar-refractivity contribution in [3.8, 4) is 22.5 Å². The van der Waals surface area contributed by atoms with Gasteiger partial charge in [-0.05, 0) is 94.0 Å². The van der Waals surface area contributed by atoms with Gasteiger partial charge in [0, 0.05) is 53.8 Å². The molecule has 1 unspecified atom stereocenters. The lowest BCUT2D eigenvalue weighted by Crippen LogP contribution is -2.52. The molecule has 8 heteroatoms. The lowest BCUT2D eigenvalue weighted by atomic mass is 9.79. The van der Waals surface area contributed by atoms with Crippen LogP contribution >= 0.6 is 0 Å². The van der Waals surface area contributed by atoms with Crippen molar-refractivity contribution in [2.24, 2.45) is 7.05 Å². The van der Waals surface area contributed by atoms with Gasteiger partial charge in [0.1, 0.15) is 5.82 Å². The number of aryl methyl sites for hydroxylation is 2. The summed E-state index contributed by atoms with van der Waals surface area (Å²) in [5.41, 5.74) is 4.04. The molecular weight excluding hydrogens is 525 g/mol. The summed E-state index contributed by atoms with van der Waals surface area (Å²) < 4.78 is 41.5. The number of pyridine rings is 1. The Balaban J connectivity index is 1.34. The van der Waals surface area contributed by atoms with Crippen LogP contribution in [0.25, 0.3) is 33.4 Å². The van der Waals surface area contributed by atoms with Crippen molar-refractivity contribution < 1.29 is 17.9 Å². The predicted octanol–water partition coefficient (Wildman–Crippen LogP) is 5.98. The Bertz CT molecular complexity index is 1710. The Morgan fingerprint density at radius 3 is 2.25 bits per heavy atom. The third-order valence-electron chi connectivity index (χ3n) is 9.01. The van der Waals surface area contributed by atoms with E-state index in [-0.39, 0.29) is 10.7 Å². The van der Waals surface area contributed by atoms with Crippen LogP contribution in [0.2, 0.25) is 0 Å². The fourth-order valence-electron chi connectivity index (χ4n) is 7.12. The van der Waals surface area contributed by atoms with Crippen LogP contribution in [0.4, 0.5) is 4.39 Å². The monoisotopic (exact) mass is 561 g/mol. The summed E-state index contributed by atoms with van der Waals surface area (Å²) in [4.78, 5) is 7.55. The highest BCUT2D eigenvalue weighted by Gasteiger charge is 2.49. The zero-order chi connectivity index (χ0) is 28.6. The normalized spacial score (nSPS) is 23.4. The molecule has 40 heavy (non-hydrogen) atoms. The Hall–Kier alpha value is -3.07. The van der Waals surface area contributed by atoms with Gasteiger partial charge in [0.05, 0.1) is 21.7 Å². The van der Waals surface area contributed by atoms with Crippen LogP contribution < -0.4 is 0 Å². The lowest BCUT2D eigenvalue weighted by molar-refractivity contribution is -0.0656. The fourth-order valence-corrected chi connectivity index (χ4v) is 7.75. The summed E-state index contributed by atoms with van der Waals surface area (Å²) in [5, 5.41) is 12.6. The molecule has 0 aliphatic carbocycles. The summed E-state index contributed by atoms with van der Waals surface area (Å²) in [6.45, 7) is 6.33. The molecule has 2 saturated heterocycles. The molecule has 6 nitrogen and oxygen atoms in total. The second-order valence-electron chi connectivity index (χ2n) is 12.0. The number of hydrogen-bond acceptors (Lipinski definition) is 5. The van der Waals surface area contributed by atoms with Gasteiger partial charge in [0.15, 0.2) is 9.84 Å². The van der Waals surface area contributed by atoms with E-state index in [1.165, 1.54) is 12.3 Å². The van der Waals surface area contributed by atoms with Crippen molar-refractivity contribution >= 4 is 20.7 Å². The molecule has 3 atom stereocenters. The minimum atomic E-state index is -3.28. The van der Waals surface area contributed by atoms with Crippen molar-refractivity contribution in [2.75, 3.05) is 6.26 Å². The van der Waals surface area contributed by atoms with Gasteiger partial charge in [-0.2, -0.15) is 0 Å². The van der Waals surface area contributed by atoms with E-state index in [0.717, 1.165) is 40.7 Å². The summed E-state index contributed by atoms with van der Waals surface area (Å²) in [6.07, 6.45) is 4.60. The van der Waals surface area contributed by atoms with Gasteiger partial charge in [0.25, 0.3) is 0 Å². The van der Waals surface area contributed by atoms with Gasteiger partial charge in [-0.1, -0.05) is 18.2 Å². The number of hydrogen-bond donors (Lipinski definition) is 1. The highest BCUT2D eigenvalue weighted by atomic mass is 32.2. The van der Waals surface area contributed by atoms with E-state index in [1.54, 1.807) is 30.3 Å². The van der Waals surface area contributed by atoms with E-state index in [9.17, 15) is 13.5 Å². The molecule has 2 aliphatic heterocycles. The van der Waals surface area contributed by atoms with Gasteiger partial charge in [0.2, 0.25) is 0 Å². The fraction of sp³-hybridized carbons (Fsp3) is 0.406. The van der Waals surface area contributed by atoms with Gasteiger partial charge in [-0.3, -0.25) is 9.88 Å². The van der Waals surface area contributed by atoms with Crippen LogP contribution in [-0.4, -0.2) is 52.4 Å². The van der Waals surface area contributed by atoms with E-state index < -0.39 is 15.4 Å². The minimum absolute atomic E-state index is 0.275. The van der Waals surface area contributed by atoms with Gasteiger partial charge in [-0.15, -0.1) is 0 Å². The molecule has 4 heterocycles. The molecule has 0 saturated carbocycles. The number of sulfone groups is 1. The first kappa shape index (κ1) is 27.1. The summed E-state index contributed by atoms with van der Waals surface area (Å²) in [7, 11) is -1.33. The van der Waals surface area contributed by atoms with Gasteiger partial charge in [-0.25, -0.2) is 12.8 Å². The highest BCUT2D eigenvalue weighted by Crippen LogP contribution is 2.47. The number of aliphatic hydroxyl groups is 1. The molecule has 2 aliphatic rings. The predicted molar refractivity (Wildman–Crippen MR) is 156 cm³/mol. The quantitative estimate of drug-likeness (QED) is 0.324. The van der Waals surface area contributed by atoms with E-state index in [1.807, 2.05) is 36.7 Å². The molecule has 4 aromatic rings. The van der Waals surface area contributed by atoms with Crippen LogP contribution in [0.1, 0.15) is 50.8 Å². The number of fused-ring (bicyclic) bond motifs is 3. The molecule has 0 radical (unpaired) electrons. The first-order valence-corrected chi connectivity index (χ1v) is 15.8. The van der Waals surface area contributed by atoms with Crippen LogP contribution in [0.15, 0.2) is 59.5 Å². The van der Waals surface area contributed by atoms with Crippen molar-refractivity contribution in [3.63, 3.8) is 0 Å². The summed E-state index contributed by atoms with van der Waals surface area (Å²) in [6, 6.07) is 17.0. The minimum Gasteiger partial charge on any atom is -0.385 e. The Morgan fingerprint density at radius 1 is 1.02 bits per heavy atom. The summed E-state index contributed by atoms with van der Waals surface area (Å²) >= 11 is 0. The zero-order valence-electron chi connectivity index (χ0n) is 23.6. The molecule has 0 spiro atoms. The largest absolute Gasteiger partial charge is 0.385 e. The maximum absolute atomic E-state index is 15.7. The molecule has 2 aromatic heterocycles. The standard InChI is InChI=1S/C32H36FN3O3S/c1-19(2)36-23-9-10-24(36)18-32(37,17-23)22-8-13-26(28(33)14-22)29-16-31-27(20(3)34-29)15-30(35(31)4)21-6-11-25(12-7-21)40(5,38)39/h6-8,11-16,19,23-24,37H,9-10,17-18H2,1-5H3/t23-,24+,32?. The molecule has 2 aromatic carbocycles. The highest BCUT2D eigenvalue weighted by molar-refractivity contribution is 7.90. The summed E-state index contributed by atoms with van der Waals surface area (Å²) in [5.74, 6) is -0.387. The average molecular weight is 562 g/mol. The zero-order valence-corrected chi connectivity index (χ0v) is 24.5. The van der Waals surface area contributed by atoms with Crippen molar-refractivity contribution in [1.82, 2.24) is 14.5 Å². The van der Waals surface area contributed by atoms with E-state index >= 15 is 4.39 Å². The molecule has 2 fully saturated rings. The Kier molecular flexibility index (Phi) is 6.44. The van der Waals surface area contributed by atoms with E-state index in [0.29, 0.717) is 47.8 Å². The second-order valence-corrected chi connectivity index (χ2v) is 14.0. The molecule has 1 N–H and O–H groups in total. The van der Waals surface area contributed by atoms with Crippen molar-refractivity contribution in [1.29, 1.82) is 0 Å². The lowest BCUT2D eigenvalue weighted by Gasteiger charge is -2.46. The van der Waals surface area contributed by atoms with Crippen LogP contribution in [-0.2, 0) is 22.5 Å². The number of benzene rings is 2. The molecule has 210 valence electrons. The molecule has 6 rings (SSSR count). The third kappa shape index (κ3) is 4.46. The topological polar surface area (TPSA) is 75.4 Å². The molecular formula is C32H36FN3O3S. The number of rotatable bonds is 5. The first-order valence-electron chi connectivity index (χ1n) is 13.9. The number of aromatic nitrogens is 2. The Labute approximate surface area is 235 Å². The second kappa shape index (κ2) is 9.50. The SMILES string of the molecule is Cc1nc(-c2ccc(C3(O)C[C@H]4CC[C@@H](C3)N4C(C)C)cc2F)cc2c1cc(-c1ccc(S(C)(=O)=O)cc1)n2C. The van der Waals surface area contributed by atoms with Crippen LogP contribution in [0.3, 0.4) is 0 Å². The van der Waals surface area contributed by atoms with Crippen molar-refractivity contribution in [2.45, 2.75) is 75.1 Å². The number of nitrogens with zero attached hydrogens (tertiary/aromatic N) is 3. The van der Waals surface area contributed by atoms with Crippen LogP contribution in [0.5, 0.6) is 0 Å². The smallest absolute Gasteiger partial charge is 0.175 e. The molecule has 0 amide bonds. The van der Waals surface area contributed by atoms with E-state index in [2.05, 4.69) is 18.7 Å².